The van der Waals surface area contributed by atoms with Crippen molar-refractivity contribution in [1.29, 1.82) is 0 Å². The number of aryl methyl sites for hydroxylation is 2. The topological polar surface area (TPSA) is 120 Å². The van der Waals surface area contributed by atoms with E-state index in [4.69, 9.17) is 0 Å². The summed E-state index contributed by atoms with van der Waals surface area (Å²) in [6.45, 7) is 5.63. The van der Waals surface area contributed by atoms with E-state index in [0.717, 1.165) is 12.1 Å². The first-order valence-electron chi connectivity index (χ1n) is 10.6. The molecule has 4 rings (SSSR count). The number of hydrogen-bond donors (Lipinski definition) is 1. The molecule has 0 aromatic carbocycles. The maximum atomic E-state index is 13.1. The number of carbonyl (C=O) groups excluding carboxylic acids is 1. The Bertz CT molecular complexity index is 1210. The Morgan fingerprint density at radius 3 is 2.62 bits per heavy atom. The number of sulfonamides is 1. The van der Waals surface area contributed by atoms with Gasteiger partial charge in [-0.3, -0.25) is 18.8 Å². The quantitative estimate of drug-likeness (QED) is 0.566. The lowest BCUT2D eigenvalue weighted by molar-refractivity contribution is -0.120. The number of rotatable bonds is 7. The molecule has 0 saturated carbocycles. The van der Waals surface area contributed by atoms with Gasteiger partial charge in [-0.25, -0.2) is 8.42 Å². The van der Waals surface area contributed by atoms with Gasteiger partial charge < -0.3 is 5.32 Å². The second-order valence-corrected chi connectivity index (χ2v) is 9.95. The molecule has 172 valence electrons. The van der Waals surface area contributed by atoms with Gasteiger partial charge >= 0.3 is 0 Å². The van der Waals surface area contributed by atoms with Crippen LogP contribution >= 0.6 is 0 Å². The van der Waals surface area contributed by atoms with Gasteiger partial charge in [0.1, 0.15) is 4.90 Å². The number of amides is 1. The number of carbonyl (C=O) groups is 1. The van der Waals surface area contributed by atoms with E-state index in [1.165, 1.54) is 15.2 Å². The van der Waals surface area contributed by atoms with Crippen LogP contribution in [0.15, 0.2) is 35.9 Å². The molecule has 1 amide bonds. The number of nitrogens with zero attached hydrogens (tertiary/aromatic N) is 7. The molecule has 1 fully saturated rings. The zero-order valence-corrected chi connectivity index (χ0v) is 19.3. The molecule has 0 aliphatic carbocycles. The van der Waals surface area contributed by atoms with E-state index in [0.29, 0.717) is 37.3 Å². The summed E-state index contributed by atoms with van der Waals surface area (Å²) in [5.41, 5.74) is 2.18. The Labute approximate surface area is 187 Å². The largest absolute Gasteiger partial charge is 0.323 e. The minimum Gasteiger partial charge on any atom is -0.323 e. The van der Waals surface area contributed by atoms with Crippen molar-refractivity contribution in [3.05, 3.63) is 42.2 Å². The molecular weight excluding hydrogens is 432 g/mol. The number of aromatic nitrogens is 6. The molecule has 4 heterocycles. The maximum absolute atomic E-state index is 13.1. The van der Waals surface area contributed by atoms with E-state index in [2.05, 4.69) is 20.6 Å². The van der Waals surface area contributed by atoms with Crippen LogP contribution in [0.4, 0.5) is 5.69 Å². The highest BCUT2D eigenvalue weighted by molar-refractivity contribution is 7.89. The molecule has 1 aliphatic heterocycles. The van der Waals surface area contributed by atoms with Gasteiger partial charge in [0.05, 0.1) is 42.4 Å². The number of anilines is 1. The van der Waals surface area contributed by atoms with Crippen LogP contribution in [0.2, 0.25) is 0 Å². The summed E-state index contributed by atoms with van der Waals surface area (Å²) in [4.78, 5) is 13.0. The van der Waals surface area contributed by atoms with E-state index in [1.807, 2.05) is 17.8 Å². The van der Waals surface area contributed by atoms with Crippen LogP contribution < -0.4 is 5.32 Å². The van der Waals surface area contributed by atoms with Crippen LogP contribution in [-0.4, -0.2) is 61.1 Å². The fraction of sp³-hybridized carbons (Fsp3) is 0.500. The van der Waals surface area contributed by atoms with Crippen LogP contribution in [0.5, 0.6) is 0 Å². The fourth-order valence-electron chi connectivity index (χ4n) is 3.85. The Morgan fingerprint density at radius 2 is 1.94 bits per heavy atom. The normalized spacial score (nSPS) is 17.5. The van der Waals surface area contributed by atoms with E-state index in [1.54, 1.807) is 37.2 Å². The summed E-state index contributed by atoms with van der Waals surface area (Å²) in [7, 11) is -1.99. The van der Waals surface area contributed by atoms with Crippen molar-refractivity contribution in [2.24, 2.45) is 13.0 Å². The highest BCUT2D eigenvalue weighted by Gasteiger charge is 2.35. The van der Waals surface area contributed by atoms with Crippen molar-refractivity contribution < 1.29 is 13.2 Å². The third kappa shape index (κ3) is 4.46. The van der Waals surface area contributed by atoms with Crippen LogP contribution in [0.3, 0.4) is 0 Å². The third-order valence-corrected chi connectivity index (χ3v) is 7.79. The third-order valence-electron chi connectivity index (χ3n) is 5.82. The van der Waals surface area contributed by atoms with Gasteiger partial charge in [0.2, 0.25) is 15.9 Å². The zero-order chi connectivity index (χ0) is 22.9. The second kappa shape index (κ2) is 8.87. The van der Waals surface area contributed by atoms with Gasteiger partial charge in [0.25, 0.3) is 0 Å². The minimum absolute atomic E-state index is 0.146. The van der Waals surface area contributed by atoms with Gasteiger partial charge in [-0.15, -0.1) is 0 Å². The molecule has 32 heavy (non-hydrogen) atoms. The highest BCUT2D eigenvalue weighted by atomic mass is 32.2. The first-order valence-corrected chi connectivity index (χ1v) is 12.1. The van der Waals surface area contributed by atoms with Gasteiger partial charge in [0.15, 0.2) is 0 Å². The maximum Gasteiger partial charge on any atom is 0.246 e. The zero-order valence-electron chi connectivity index (χ0n) is 18.5. The Kier molecular flexibility index (Phi) is 6.15. The molecule has 1 aliphatic rings. The van der Waals surface area contributed by atoms with Crippen molar-refractivity contribution in [2.75, 3.05) is 18.4 Å². The number of nitrogens with one attached hydrogen (secondary N) is 1. The fourth-order valence-corrected chi connectivity index (χ4v) is 5.56. The SMILES string of the molecule is CCn1cc(Cn2cc(NC(=O)[C@H]3CCCN(S(=O)(=O)c4cnn(C)c4C)C3)cn2)cn1. The summed E-state index contributed by atoms with van der Waals surface area (Å²) >= 11 is 0. The molecule has 11 nitrogen and oxygen atoms in total. The standard InChI is InChI=1S/C20H28N8O3S/c1-4-26-11-16(8-22-26)12-27-14-18(9-23-27)24-20(29)17-6-5-7-28(13-17)32(30,31)19-10-21-25(3)15(19)2/h8-11,14,17H,4-7,12-13H2,1-3H3,(H,24,29)/t17-/m0/s1. The molecule has 3 aromatic rings. The van der Waals surface area contributed by atoms with Gasteiger partial charge in [-0.2, -0.15) is 19.6 Å². The van der Waals surface area contributed by atoms with Crippen LogP contribution in [0.1, 0.15) is 31.0 Å². The monoisotopic (exact) mass is 460 g/mol. The molecule has 1 atom stereocenters. The molecule has 0 spiro atoms. The van der Waals surface area contributed by atoms with Crippen LogP contribution in [-0.2, 0) is 35.0 Å². The van der Waals surface area contributed by atoms with Crippen molar-refractivity contribution in [1.82, 2.24) is 33.6 Å². The first kappa shape index (κ1) is 22.2. The Morgan fingerprint density at radius 1 is 1.16 bits per heavy atom. The summed E-state index contributed by atoms with van der Waals surface area (Å²) in [5, 5.41) is 15.5. The molecule has 1 N–H and O–H groups in total. The van der Waals surface area contributed by atoms with Crippen molar-refractivity contribution in [2.45, 2.75) is 44.7 Å². The summed E-state index contributed by atoms with van der Waals surface area (Å²) in [6.07, 6.45) is 9.74. The molecule has 0 unspecified atom stereocenters. The van der Waals surface area contributed by atoms with E-state index >= 15 is 0 Å². The van der Waals surface area contributed by atoms with Gasteiger partial charge in [-0.1, -0.05) is 0 Å². The van der Waals surface area contributed by atoms with E-state index < -0.39 is 15.9 Å². The molecule has 0 radical (unpaired) electrons. The van der Waals surface area contributed by atoms with Crippen LogP contribution in [0, 0.1) is 12.8 Å². The van der Waals surface area contributed by atoms with E-state index in [-0.39, 0.29) is 17.3 Å². The molecular formula is C20H28N8O3S. The van der Waals surface area contributed by atoms with Crippen LogP contribution in [0.25, 0.3) is 0 Å². The molecule has 12 heteroatoms. The average Bonchev–Trinajstić information content (AvgIpc) is 3.50. The van der Waals surface area contributed by atoms with Crippen molar-refractivity contribution >= 4 is 21.6 Å². The lowest BCUT2D eigenvalue weighted by Gasteiger charge is -2.31. The van der Waals surface area contributed by atoms with Crippen molar-refractivity contribution in [3.63, 3.8) is 0 Å². The lowest BCUT2D eigenvalue weighted by Crippen LogP contribution is -2.43. The summed E-state index contributed by atoms with van der Waals surface area (Å²) in [6, 6.07) is 0. The predicted molar refractivity (Wildman–Crippen MR) is 117 cm³/mol. The first-order chi connectivity index (χ1) is 15.3. The highest BCUT2D eigenvalue weighted by Crippen LogP contribution is 2.26. The summed E-state index contributed by atoms with van der Waals surface area (Å²) < 4.78 is 32.6. The minimum atomic E-state index is -3.70. The predicted octanol–water partition coefficient (Wildman–Crippen LogP) is 1.23. The summed E-state index contributed by atoms with van der Waals surface area (Å²) in [5.74, 6) is -0.632. The van der Waals surface area contributed by atoms with Gasteiger partial charge in [0, 0.05) is 44.6 Å². The number of hydrogen-bond acceptors (Lipinski definition) is 6. The molecule has 0 bridgehead atoms. The number of piperidine rings is 1. The average molecular weight is 461 g/mol. The Hall–Kier alpha value is -2.99. The second-order valence-electron chi connectivity index (χ2n) is 8.04. The van der Waals surface area contributed by atoms with E-state index in [9.17, 15) is 13.2 Å². The smallest absolute Gasteiger partial charge is 0.246 e. The molecule has 3 aromatic heterocycles. The van der Waals surface area contributed by atoms with Gasteiger partial charge in [-0.05, 0) is 26.7 Å². The molecule has 1 saturated heterocycles. The van der Waals surface area contributed by atoms with Crippen molar-refractivity contribution in [3.8, 4) is 0 Å². The lowest BCUT2D eigenvalue weighted by atomic mass is 9.99. The Balaban J connectivity index is 1.39.